The van der Waals surface area contributed by atoms with Crippen molar-refractivity contribution in [2.75, 3.05) is 18.0 Å². The van der Waals surface area contributed by atoms with Crippen molar-refractivity contribution in [2.45, 2.75) is 52.6 Å². The number of carbonyl (C=O) groups is 1. The number of benzene rings is 2. The van der Waals surface area contributed by atoms with Gasteiger partial charge in [-0.2, -0.15) is 4.98 Å². The number of aromatic nitrogens is 3. The van der Waals surface area contributed by atoms with Crippen molar-refractivity contribution in [3.8, 4) is 16.8 Å². The lowest BCUT2D eigenvalue weighted by Crippen LogP contribution is -2.59. The normalized spacial score (nSPS) is 17.5. The number of hydrogen-bond acceptors (Lipinski definition) is 5. The van der Waals surface area contributed by atoms with Crippen LogP contribution < -0.4 is 10.6 Å². The van der Waals surface area contributed by atoms with E-state index in [-0.39, 0.29) is 52.4 Å². The third-order valence-corrected chi connectivity index (χ3v) is 8.04. The predicted octanol–water partition coefficient (Wildman–Crippen LogP) is 6.71. The fourth-order valence-corrected chi connectivity index (χ4v) is 6.14. The average molecular weight is 604 g/mol. The number of hydrogen-bond donors (Lipinski definition) is 0. The summed E-state index contributed by atoms with van der Waals surface area (Å²) in [6.07, 6.45) is 2.76. The molecule has 1 fully saturated rings. The third-order valence-electron chi connectivity index (χ3n) is 8.04. The SMILES string of the molecule is [2H]C([2H])=Cc1cccc(F)c1-c1cc2c(cc1F)c(N1[C@@H](C)CN(C(=O)C(=C)F)C[C@@H]1C)nc(=O)n2-c1c(C)ccnc1C(C)C. The van der Waals surface area contributed by atoms with Gasteiger partial charge in [0.15, 0.2) is 5.83 Å². The zero-order valence-corrected chi connectivity index (χ0v) is 25.2. The molecule has 1 aliphatic heterocycles. The van der Waals surface area contributed by atoms with E-state index in [0.29, 0.717) is 16.9 Å². The van der Waals surface area contributed by atoms with Crippen LogP contribution in [0.1, 0.15) is 53.2 Å². The molecular formula is C34H34F3N5O2. The molecule has 5 rings (SSSR count). The van der Waals surface area contributed by atoms with Crippen LogP contribution in [0.25, 0.3) is 33.8 Å². The Kier molecular flexibility index (Phi) is 7.49. The van der Waals surface area contributed by atoms with Crippen LogP contribution in [0.3, 0.4) is 0 Å². The monoisotopic (exact) mass is 603 g/mol. The van der Waals surface area contributed by atoms with Crippen LogP contribution in [-0.4, -0.2) is 50.5 Å². The van der Waals surface area contributed by atoms with E-state index in [4.69, 9.17) is 2.74 Å². The highest BCUT2D eigenvalue weighted by Crippen LogP contribution is 2.38. The van der Waals surface area contributed by atoms with Crippen molar-refractivity contribution < 1.29 is 20.7 Å². The first-order valence-corrected chi connectivity index (χ1v) is 14.3. The Morgan fingerprint density at radius 3 is 2.48 bits per heavy atom. The molecule has 44 heavy (non-hydrogen) atoms. The molecule has 1 amide bonds. The van der Waals surface area contributed by atoms with Gasteiger partial charge in [-0.3, -0.25) is 14.3 Å². The molecule has 0 N–H and O–H groups in total. The predicted molar refractivity (Wildman–Crippen MR) is 168 cm³/mol. The van der Waals surface area contributed by atoms with Crippen LogP contribution in [-0.2, 0) is 4.79 Å². The summed E-state index contributed by atoms with van der Waals surface area (Å²) in [5, 5.41) is 0.252. The lowest BCUT2D eigenvalue weighted by molar-refractivity contribution is -0.129. The topological polar surface area (TPSA) is 71.3 Å². The highest BCUT2D eigenvalue weighted by Gasteiger charge is 2.35. The first-order valence-electron chi connectivity index (χ1n) is 15.3. The molecule has 0 radical (unpaired) electrons. The largest absolute Gasteiger partial charge is 0.354 e. The number of fused-ring (bicyclic) bond motifs is 1. The molecule has 2 aromatic heterocycles. The summed E-state index contributed by atoms with van der Waals surface area (Å²) >= 11 is 0. The molecule has 7 nitrogen and oxygen atoms in total. The van der Waals surface area contributed by atoms with E-state index in [1.54, 1.807) is 31.0 Å². The number of amides is 1. The average Bonchev–Trinajstić information content (AvgIpc) is 2.96. The van der Waals surface area contributed by atoms with Gasteiger partial charge >= 0.3 is 5.69 Å². The van der Waals surface area contributed by atoms with Gasteiger partial charge in [-0.25, -0.2) is 18.0 Å². The number of aryl methyl sites for hydroxylation is 1. The minimum absolute atomic E-state index is 0.103. The summed E-state index contributed by atoms with van der Waals surface area (Å²) in [6.45, 7) is 12.0. The van der Waals surface area contributed by atoms with Crippen LogP contribution in [0.2, 0.25) is 0 Å². The standard InChI is InChI=1S/C34H34F3N5O2/c1-8-23-10-9-11-26(36)29(23)24-15-28-25(14-27(24)37)32(41-20(5)16-40(17-21(41)6)33(43)22(7)35)39-34(44)42(28)31-19(4)12-13-38-30(31)18(2)3/h8-15,18,20-21H,1,7,16-17H2,2-6H3/t20-,21-/m0/s1/i1D2. The van der Waals surface area contributed by atoms with Gasteiger partial charge < -0.3 is 9.80 Å². The number of rotatable bonds is 6. The Morgan fingerprint density at radius 1 is 1.14 bits per heavy atom. The van der Waals surface area contributed by atoms with Gasteiger partial charge in [-0.15, -0.1) is 0 Å². The quantitative estimate of drug-likeness (QED) is 0.229. The molecule has 0 bridgehead atoms. The minimum atomic E-state index is -1.08. The molecule has 1 saturated heterocycles. The van der Waals surface area contributed by atoms with Gasteiger partial charge in [-0.05, 0) is 62.1 Å². The van der Waals surface area contributed by atoms with Crippen LogP contribution in [0.5, 0.6) is 0 Å². The number of halogens is 3. The third kappa shape index (κ3) is 5.18. The molecule has 10 heteroatoms. The van der Waals surface area contributed by atoms with E-state index in [0.717, 1.165) is 12.1 Å². The van der Waals surface area contributed by atoms with E-state index in [1.165, 1.54) is 33.7 Å². The summed E-state index contributed by atoms with van der Waals surface area (Å²) in [6, 6.07) is 7.48. The van der Waals surface area contributed by atoms with E-state index < -0.39 is 47.7 Å². The van der Waals surface area contributed by atoms with Crippen LogP contribution in [0.15, 0.2) is 66.3 Å². The van der Waals surface area contributed by atoms with Crippen LogP contribution in [0, 0.1) is 18.6 Å². The fraction of sp³-hybridized carbons (Fsp3) is 0.294. The second kappa shape index (κ2) is 11.7. The maximum atomic E-state index is 16.3. The molecule has 0 aliphatic carbocycles. The molecule has 2 atom stereocenters. The Bertz CT molecular complexity index is 1960. The molecule has 0 unspecified atom stereocenters. The van der Waals surface area contributed by atoms with E-state index in [1.807, 2.05) is 20.8 Å². The molecule has 0 saturated carbocycles. The van der Waals surface area contributed by atoms with Crippen LogP contribution >= 0.6 is 0 Å². The summed E-state index contributed by atoms with van der Waals surface area (Å²) in [5.41, 5.74) is 1.13. The van der Waals surface area contributed by atoms with Gasteiger partial charge in [0, 0.05) is 47.9 Å². The molecule has 4 aromatic rings. The van der Waals surface area contributed by atoms with E-state index in [9.17, 15) is 14.0 Å². The highest BCUT2D eigenvalue weighted by molar-refractivity contribution is 5.96. The molecule has 3 heterocycles. The van der Waals surface area contributed by atoms with Crippen molar-refractivity contribution in [3.63, 3.8) is 0 Å². The highest BCUT2D eigenvalue weighted by atomic mass is 19.1. The number of pyridine rings is 1. The van der Waals surface area contributed by atoms with Crippen LogP contribution in [0.4, 0.5) is 19.0 Å². The van der Waals surface area contributed by atoms with Crippen molar-refractivity contribution in [3.05, 3.63) is 100 Å². The van der Waals surface area contributed by atoms with Crippen molar-refractivity contribution in [1.82, 2.24) is 19.4 Å². The lowest BCUT2D eigenvalue weighted by atomic mass is 9.96. The van der Waals surface area contributed by atoms with Gasteiger partial charge in [0.1, 0.15) is 17.5 Å². The zero-order chi connectivity index (χ0) is 33.6. The zero-order valence-electron chi connectivity index (χ0n) is 27.2. The van der Waals surface area contributed by atoms with Gasteiger partial charge in [-0.1, -0.05) is 45.2 Å². The molecule has 2 aromatic carbocycles. The Morgan fingerprint density at radius 2 is 1.84 bits per heavy atom. The molecule has 1 aliphatic rings. The summed E-state index contributed by atoms with van der Waals surface area (Å²) in [5.74, 6) is -3.43. The van der Waals surface area contributed by atoms with Gasteiger partial charge in [0.25, 0.3) is 5.91 Å². The summed E-state index contributed by atoms with van der Waals surface area (Å²) in [4.78, 5) is 38.7. The van der Waals surface area contributed by atoms with Crippen molar-refractivity contribution in [1.29, 1.82) is 0 Å². The Balaban J connectivity index is 1.86. The summed E-state index contributed by atoms with van der Waals surface area (Å²) < 4.78 is 62.1. The molecule has 0 spiro atoms. The number of nitrogens with zero attached hydrogens (tertiary/aromatic N) is 5. The van der Waals surface area contributed by atoms with Crippen molar-refractivity contribution in [2.24, 2.45) is 0 Å². The second-order valence-electron chi connectivity index (χ2n) is 11.5. The van der Waals surface area contributed by atoms with Crippen molar-refractivity contribution >= 4 is 28.7 Å². The Labute approximate surface area is 256 Å². The summed E-state index contributed by atoms with van der Waals surface area (Å²) in [7, 11) is 0. The first-order chi connectivity index (χ1) is 21.7. The first kappa shape index (κ1) is 28.1. The maximum absolute atomic E-state index is 16.3. The fourth-order valence-electron chi connectivity index (χ4n) is 6.14. The second-order valence-corrected chi connectivity index (χ2v) is 11.5. The number of carbonyl (C=O) groups excluding carboxylic acids is 1. The van der Waals surface area contributed by atoms with Gasteiger partial charge in [0.2, 0.25) is 0 Å². The van der Waals surface area contributed by atoms with Gasteiger partial charge in [0.05, 0.1) is 19.6 Å². The number of piperazine rings is 1. The minimum Gasteiger partial charge on any atom is -0.347 e. The van der Waals surface area contributed by atoms with E-state index >= 15 is 8.78 Å². The smallest absolute Gasteiger partial charge is 0.347 e. The van der Waals surface area contributed by atoms with E-state index in [2.05, 4.69) is 16.5 Å². The number of anilines is 1. The maximum Gasteiger partial charge on any atom is 0.354 e. The molecular weight excluding hydrogens is 567 g/mol. The lowest BCUT2D eigenvalue weighted by Gasteiger charge is -2.45. The molecule has 228 valence electrons. The Hall–Kier alpha value is -4.73.